The third-order valence-corrected chi connectivity index (χ3v) is 1.26. The topological polar surface area (TPSA) is 58.9 Å². The van der Waals surface area contributed by atoms with Crippen molar-refractivity contribution < 1.29 is 13.2 Å². The molecule has 0 saturated heterocycles. The lowest BCUT2D eigenvalue weighted by Gasteiger charge is -2.07. The third kappa shape index (κ3) is 1.58. The number of nitrogens with one attached hydrogen (secondary N) is 1. The van der Waals surface area contributed by atoms with Crippen molar-refractivity contribution in [3.05, 3.63) is 28.2 Å². The Hall–Kier alpha value is -1.46. The number of H-pyrrole nitrogens is 1. The van der Waals surface area contributed by atoms with Crippen LogP contribution in [0.1, 0.15) is 5.56 Å². The van der Waals surface area contributed by atoms with Crippen molar-refractivity contribution in [1.82, 2.24) is 4.98 Å². The number of aromatic nitrogens is 1. The van der Waals surface area contributed by atoms with Gasteiger partial charge in [0.05, 0.1) is 11.3 Å². The van der Waals surface area contributed by atoms with E-state index in [1.807, 2.05) is 4.98 Å². The molecule has 0 atom stereocenters. The monoisotopic (exact) mass is 178 g/mol. The van der Waals surface area contributed by atoms with Gasteiger partial charge in [0.1, 0.15) is 0 Å². The predicted molar refractivity (Wildman–Crippen MR) is 36.5 cm³/mol. The molecule has 0 radical (unpaired) electrons. The largest absolute Gasteiger partial charge is 0.418 e. The zero-order valence-corrected chi connectivity index (χ0v) is 5.77. The molecule has 0 bridgehead atoms. The van der Waals surface area contributed by atoms with Gasteiger partial charge < -0.3 is 10.7 Å². The fourth-order valence-corrected chi connectivity index (χ4v) is 0.728. The number of nitrogen functional groups attached to an aromatic ring is 1. The fraction of sp³-hybridized carbons (Fsp3) is 0.167. The molecule has 0 unspecified atom stereocenters. The van der Waals surface area contributed by atoms with Crippen LogP contribution in [0.2, 0.25) is 0 Å². The van der Waals surface area contributed by atoms with Crippen LogP contribution in [0.5, 0.6) is 0 Å². The molecule has 0 fully saturated rings. The van der Waals surface area contributed by atoms with Crippen LogP contribution < -0.4 is 11.3 Å². The summed E-state index contributed by atoms with van der Waals surface area (Å²) in [7, 11) is 0. The van der Waals surface area contributed by atoms with Crippen molar-refractivity contribution in [2.24, 2.45) is 0 Å². The molecular weight excluding hydrogens is 173 g/mol. The number of pyridine rings is 1. The van der Waals surface area contributed by atoms with Crippen LogP contribution in [0.25, 0.3) is 0 Å². The second-order valence-corrected chi connectivity index (χ2v) is 2.16. The van der Waals surface area contributed by atoms with Gasteiger partial charge in [-0.1, -0.05) is 0 Å². The number of alkyl halides is 3. The second-order valence-electron chi connectivity index (χ2n) is 2.16. The van der Waals surface area contributed by atoms with E-state index in [4.69, 9.17) is 5.73 Å². The Kier molecular flexibility index (Phi) is 1.83. The van der Waals surface area contributed by atoms with Crippen molar-refractivity contribution >= 4 is 5.69 Å². The van der Waals surface area contributed by atoms with Crippen LogP contribution in [0.15, 0.2) is 17.1 Å². The molecular formula is C6H5F3N2O. The molecule has 66 valence electrons. The minimum atomic E-state index is -4.57. The first kappa shape index (κ1) is 8.63. The lowest BCUT2D eigenvalue weighted by atomic mass is 10.2. The van der Waals surface area contributed by atoms with E-state index in [0.717, 1.165) is 6.20 Å². The number of anilines is 1. The van der Waals surface area contributed by atoms with Gasteiger partial charge in [-0.3, -0.25) is 4.79 Å². The van der Waals surface area contributed by atoms with Crippen molar-refractivity contribution in [3.8, 4) is 0 Å². The summed E-state index contributed by atoms with van der Waals surface area (Å²) in [6.45, 7) is 0. The van der Waals surface area contributed by atoms with E-state index in [2.05, 4.69) is 0 Å². The summed E-state index contributed by atoms with van der Waals surface area (Å²) in [5.74, 6) is 0. The van der Waals surface area contributed by atoms with Crippen LogP contribution in [0, 0.1) is 0 Å². The van der Waals surface area contributed by atoms with E-state index in [9.17, 15) is 18.0 Å². The van der Waals surface area contributed by atoms with E-state index >= 15 is 0 Å². The van der Waals surface area contributed by atoms with Gasteiger partial charge in [0.15, 0.2) is 0 Å². The fourth-order valence-electron chi connectivity index (χ4n) is 0.728. The highest BCUT2D eigenvalue weighted by atomic mass is 19.4. The molecule has 0 saturated carbocycles. The number of hydrogen-bond donors (Lipinski definition) is 2. The zero-order chi connectivity index (χ0) is 9.35. The van der Waals surface area contributed by atoms with Gasteiger partial charge in [-0.2, -0.15) is 13.2 Å². The normalized spacial score (nSPS) is 11.6. The molecule has 0 aromatic carbocycles. The first-order valence-corrected chi connectivity index (χ1v) is 2.96. The Morgan fingerprint density at radius 3 is 2.42 bits per heavy atom. The Morgan fingerprint density at radius 1 is 1.42 bits per heavy atom. The summed E-state index contributed by atoms with van der Waals surface area (Å²) in [4.78, 5) is 12.5. The molecule has 0 aliphatic heterocycles. The Morgan fingerprint density at radius 2 is 2.00 bits per heavy atom. The van der Waals surface area contributed by atoms with Crippen molar-refractivity contribution in [2.45, 2.75) is 6.18 Å². The van der Waals surface area contributed by atoms with Gasteiger partial charge in [-0.05, 0) is 0 Å². The lowest BCUT2D eigenvalue weighted by Crippen LogP contribution is -2.15. The zero-order valence-electron chi connectivity index (χ0n) is 5.77. The number of hydrogen-bond acceptors (Lipinski definition) is 2. The first-order valence-electron chi connectivity index (χ1n) is 2.96. The number of aromatic amines is 1. The van der Waals surface area contributed by atoms with E-state index in [1.54, 1.807) is 0 Å². The minimum absolute atomic E-state index is 0.426. The standard InChI is InChI=1S/C6H5F3N2O/c7-6(8,9)3-1-5(12)11-2-4(3)10/h1-2H,10H2,(H,11,12). The molecule has 0 amide bonds. The summed E-state index contributed by atoms with van der Waals surface area (Å²) in [6.07, 6.45) is -3.75. The molecule has 1 aromatic heterocycles. The molecule has 1 rings (SSSR count). The van der Waals surface area contributed by atoms with E-state index in [0.29, 0.717) is 6.07 Å². The van der Waals surface area contributed by atoms with Gasteiger partial charge in [-0.25, -0.2) is 0 Å². The molecule has 3 N–H and O–H groups in total. The van der Waals surface area contributed by atoms with E-state index in [1.165, 1.54) is 0 Å². The third-order valence-electron chi connectivity index (χ3n) is 1.26. The van der Waals surface area contributed by atoms with Crippen molar-refractivity contribution in [3.63, 3.8) is 0 Å². The molecule has 1 heterocycles. The van der Waals surface area contributed by atoms with Crippen LogP contribution in [0.4, 0.5) is 18.9 Å². The smallest absolute Gasteiger partial charge is 0.397 e. The minimum Gasteiger partial charge on any atom is -0.397 e. The molecule has 3 nitrogen and oxygen atoms in total. The van der Waals surface area contributed by atoms with Gasteiger partial charge >= 0.3 is 6.18 Å². The molecule has 0 aliphatic rings. The Bertz CT molecular complexity index is 341. The van der Waals surface area contributed by atoms with Gasteiger partial charge in [-0.15, -0.1) is 0 Å². The van der Waals surface area contributed by atoms with Crippen molar-refractivity contribution in [2.75, 3.05) is 5.73 Å². The molecule has 0 aliphatic carbocycles. The highest BCUT2D eigenvalue weighted by molar-refractivity contribution is 5.45. The molecule has 6 heteroatoms. The van der Waals surface area contributed by atoms with Crippen molar-refractivity contribution in [1.29, 1.82) is 0 Å². The molecule has 12 heavy (non-hydrogen) atoms. The Labute approximate surface area is 65.0 Å². The highest BCUT2D eigenvalue weighted by Crippen LogP contribution is 2.31. The average Bonchev–Trinajstić information content (AvgIpc) is 1.92. The molecule has 0 spiro atoms. The molecule has 1 aromatic rings. The average molecular weight is 178 g/mol. The van der Waals surface area contributed by atoms with Gasteiger partial charge in [0.25, 0.3) is 0 Å². The lowest BCUT2D eigenvalue weighted by molar-refractivity contribution is -0.137. The maximum Gasteiger partial charge on any atom is 0.418 e. The number of halogens is 3. The van der Waals surface area contributed by atoms with Crippen LogP contribution in [-0.4, -0.2) is 4.98 Å². The second kappa shape index (κ2) is 2.54. The maximum absolute atomic E-state index is 12.0. The summed E-state index contributed by atoms with van der Waals surface area (Å²) in [6, 6.07) is 0.426. The first-order chi connectivity index (χ1) is 5.41. The van der Waals surface area contributed by atoms with Gasteiger partial charge in [0, 0.05) is 12.3 Å². The summed E-state index contributed by atoms with van der Waals surface area (Å²) >= 11 is 0. The van der Waals surface area contributed by atoms with E-state index in [-0.39, 0.29) is 0 Å². The van der Waals surface area contributed by atoms with E-state index < -0.39 is 23.0 Å². The maximum atomic E-state index is 12.0. The highest BCUT2D eigenvalue weighted by Gasteiger charge is 2.33. The predicted octanol–water partition coefficient (Wildman–Crippen LogP) is 0.976. The number of nitrogens with two attached hydrogens (primary N) is 1. The van der Waals surface area contributed by atoms with Gasteiger partial charge in [0.2, 0.25) is 5.56 Å². The van der Waals surface area contributed by atoms with Crippen LogP contribution in [-0.2, 0) is 6.18 Å². The quantitative estimate of drug-likeness (QED) is 0.622. The number of rotatable bonds is 0. The summed E-state index contributed by atoms with van der Waals surface area (Å²) < 4.78 is 36.0. The van der Waals surface area contributed by atoms with Crippen LogP contribution in [0.3, 0.4) is 0 Å². The van der Waals surface area contributed by atoms with Crippen LogP contribution >= 0.6 is 0 Å². The SMILES string of the molecule is Nc1c[nH]c(=O)cc1C(F)(F)F. The Balaban J connectivity index is 3.33. The summed E-state index contributed by atoms with van der Waals surface area (Å²) in [5, 5.41) is 0. The summed E-state index contributed by atoms with van der Waals surface area (Å²) in [5.41, 5.74) is 2.57.